The van der Waals surface area contributed by atoms with Crippen molar-refractivity contribution in [3.8, 4) is 0 Å². The highest BCUT2D eigenvalue weighted by molar-refractivity contribution is 5.68. The maximum Gasteiger partial charge on any atom is 0.303 e. The molecule has 20 heteroatoms. The van der Waals surface area contributed by atoms with Crippen LogP contribution in [0.4, 0.5) is 0 Å². The molecule has 218 valence electrons. The van der Waals surface area contributed by atoms with E-state index in [0.29, 0.717) is 0 Å². The minimum Gasteiger partial charge on any atom is -0.463 e. The fourth-order valence-corrected chi connectivity index (χ4v) is 4.36. The number of carbonyl (C=O) groups is 4. The molecule has 40 heavy (non-hydrogen) atoms. The second kappa shape index (κ2) is 14.7. The van der Waals surface area contributed by atoms with Crippen molar-refractivity contribution in [2.75, 3.05) is 6.61 Å². The third-order valence-corrected chi connectivity index (χ3v) is 5.76. The number of hydrogen-bond donors (Lipinski definition) is 1. The highest BCUT2D eigenvalue weighted by Gasteiger charge is 2.54. The van der Waals surface area contributed by atoms with E-state index in [1.165, 1.54) is 0 Å². The molecule has 1 aliphatic carbocycles. The number of aliphatic hydroxyl groups excluding tert-OH is 1. The van der Waals surface area contributed by atoms with Crippen molar-refractivity contribution in [2.24, 2.45) is 15.3 Å². The van der Waals surface area contributed by atoms with E-state index >= 15 is 0 Å². The molecule has 0 spiro atoms. The van der Waals surface area contributed by atoms with Crippen LogP contribution < -0.4 is 0 Å². The Hall–Kier alpha value is -4.31. The topological polar surface area (TPSA) is 290 Å². The lowest BCUT2D eigenvalue weighted by Crippen LogP contribution is -2.64. The summed E-state index contributed by atoms with van der Waals surface area (Å²) >= 11 is 0. The van der Waals surface area contributed by atoms with Crippen LogP contribution in [0.3, 0.4) is 0 Å². The molecule has 1 saturated carbocycles. The van der Waals surface area contributed by atoms with Crippen LogP contribution in [0.25, 0.3) is 31.3 Å². The summed E-state index contributed by atoms with van der Waals surface area (Å²) < 4.78 is 32.4. The van der Waals surface area contributed by atoms with Gasteiger partial charge >= 0.3 is 23.9 Å². The van der Waals surface area contributed by atoms with Gasteiger partial charge in [-0.1, -0.05) is 15.3 Å². The lowest BCUT2D eigenvalue weighted by Gasteiger charge is -2.47. The van der Waals surface area contributed by atoms with Crippen LogP contribution in [0.2, 0.25) is 0 Å². The van der Waals surface area contributed by atoms with E-state index in [1.54, 1.807) is 0 Å². The Morgan fingerprint density at radius 3 is 1.77 bits per heavy atom. The molecule has 0 amide bonds. The molecule has 0 radical (unpaired) electrons. The van der Waals surface area contributed by atoms with Crippen molar-refractivity contribution >= 4 is 23.9 Å². The number of aliphatic hydroxyl groups is 1. The van der Waals surface area contributed by atoms with Crippen molar-refractivity contribution in [3.63, 3.8) is 0 Å². The zero-order valence-electron chi connectivity index (χ0n) is 21.7. The van der Waals surface area contributed by atoms with Crippen LogP contribution in [0.1, 0.15) is 34.1 Å². The van der Waals surface area contributed by atoms with Crippen molar-refractivity contribution in [1.29, 1.82) is 0 Å². The normalized spacial score (nSPS) is 33.0. The van der Waals surface area contributed by atoms with Gasteiger partial charge in [0.2, 0.25) is 0 Å². The van der Waals surface area contributed by atoms with E-state index < -0.39 is 91.5 Å². The van der Waals surface area contributed by atoms with Crippen molar-refractivity contribution < 1.29 is 52.7 Å². The third-order valence-electron chi connectivity index (χ3n) is 5.76. The van der Waals surface area contributed by atoms with Crippen LogP contribution in [0, 0.1) is 0 Å². The average molecular weight is 569 g/mol. The van der Waals surface area contributed by atoms with Gasteiger partial charge in [-0.05, 0) is 23.0 Å². The number of azide groups is 3. The number of ether oxygens (including phenoxy) is 6. The van der Waals surface area contributed by atoms with Crippen molar-refractivity contribution in [3.05, 3.63) is 31.3 Å². The molecule has 2 rings (SSSR count). The summed E-state index contributed by atoms with van der Waals surface area (Å²) in [4.78, 5) is 55.1. The Labute approximate surface area is 225 Å². The molecule has 1 N–H and O–H groups in total. The van der Waals surface area contributed by atoms with Crippen LogP contribution >= 0.6 is 0 Å². The lowest BCUT2D eigenvalue weighted by atomic mass is 9.84. The van der Waals surface area contributed by atoms with Crippen molar-refractivity contribution in [1.82, 2.24) is 0 Å². The SMILES string of the molecule is CC(=O)OC[C@H]1O[C@H](O[C@H]2[C@H](O)[C@@H](OC(C)=O)[C@H](N=[N+]=[N-])C[C@@H]2N=[N+]=[N-])[C@H](N=[N+]=[N-])[C@@H](OC(C)=O)[C@@H]1OC(C)=O. The van der Waals surface area contributed by atoms with E-state index in [9.17, 15) is 29.8 Å². The molecule has 2 aliphatic rings. The molecule has 20 nitrogen and oxygen atoms in total. The van der Waals surface area contributed by atoms with E-state index in [4.69, 9.17) is 39.5 Å². The smallest absolute Gasteiger partial charge is 0.303 e. The second-order valence-electron chi connectivity index (χ2n) is 8.63. The monoisotopic (exact) mass is 569 g/mol. The van der Waals surface area contributed by atoms with E-state index in [-0.39, 0.29) is 6.42 Å². The second-order valence-corrected chi connectivity index (χ2v) is 8.63. The van der Waals surface area contributed by atoms with Gasteiger partial charge in [-0.2, -0.15) is 0 Å². The van der Waals surface area contributed by atoms with Gasteiger partial charge in [-0.25, -0.2) is 0 Å². The molecule has 2 fully saturated rings. The van der Waals surface area contributed by atoms with Crippen LogP contribution in [0.5, 0.6) is 0 Å². The van der Waals surface area contributed by atoms with Crippen LogP contribution in [-0.4, -0.2) is 96.6 Å². The van der Waals surface area contributed by atoms with Gasteiger partial charge < -0.3 is 33.5 Å². The number of rotatable bonds is 10. The molecule has 0 unspecified atom stereocenters. The summed E-state index contributed by atoms with van der Waals surface area (Å²) in [6.07, 6.45) is -11.0. The average Bonchev–Trinajstić information content (AvgIpc) is 2.85. The summed E-state index contributed by atoms with van der Waals surface area (Å²) in [7, 11) is 0. The third kappa shape index (κ3) is 8.34. The first-order valence-electron chi connectivity index (χ1n) is 11.7. The van der Waals surface area contributed by atoms with Gasteiger partial charge in [-0.15, -0.1) is 0 Å². The summed E-state index contributed by atoms with van der Waals surface area (Å²) in [5.41, 5.74) is 27.3. The molecule has 1 aliphatic heterocycles. The summed E-state index contributed by atoms with van der Waals surface area (Å²) in [6.45, 7) is 3.71. The predicted molar refractivity (Wildman–Crippen MR) is 126 cm³/mol. The van der Waals surface area contributed by atoms with Gasteiger partial charge in [-0.3, -0.25) is 19.2 Å². The molecule has 1 heterocycles. The number of carbonyl (C=O) groups excluding carboxylic acids is 4. The summed E-state index contributed by atoms with van der Waals surface area (Å²) in [5.74, 6) is -3.27. The van der Waals surface area contributed by atoms with E-state index in [0.717, 1.165) is 27.7 Å². The minimum atomic E-state index is -1.77. The summed E-state index contributed by atoms with van der Waals surface area (Å²) in [5, 5.41) is 21.8. The molecule has 0 bridgehead atoms. The standard InChI is InChI=1S/C20H27N9O11/c1-7(30)35-6-13-18(37-9(3)32)19(38-10(4)33)14(26-29-23)20(39-13)40-17-12(25-28-22)5-11(24-27-21)16(15(17)34)36-8(2)31/h11-20,34H,5-6H2,1-4H3/t11-,12+,13-,14-,15-,16+,17-,18-,19-,20-/m1/s1. The summed E-state index contributed by atoms with van der Waals surface area (Å²) in [6, 6.07) is -3.95. The van der Waals surface area contributed by atoms with Gasteiger partial charge in [0.25, 0.3) is 0 Å². The first-order valence-corrected chi connectivity index (χ1v) is 11.7. The first-order chi connectivity index (χ1) is 18.9. The van der Waals surface area contributed by atoms with Gasteiger partial charge in [0.15, 0.2) is 18.5 Å². The van der Waals surface area contributed by atoms with Gasteiger partial charge in [0.05, 0.1) is 18.2 Å². The Morgan fingerprint density at radius 1 is 0.775 bits per heavy atom. The molecular formula is C20H27N9O11. The van der Waals surface area contributed by atoms with Crippen molar-refractivity contribution in [2.45, 2.75) is 95.2 Å². The van der Waals surface area contributed by atoms with Gasteiger partial charge in [0.1, 0.15) is 31.0 Å². The van der Waals surface area contributed by atoms with Gasteiger partial charge in [0, 0.05) is 42.4 Å². The Bertz CT molecular complexity index is 1120. The molecule has 0 aromatic rings. The molecule has 1 saturated heterocycles. The Kier molecular flexibility index (Phi) is 11.8. The Morgan fingerprint density at radius 2 is 1.27 bits per heavy atom. The van der Waals surface area contributed by atoms with Crippen LogP contribution in [0.15, 0.2) is 15.3 Å². The molecule has 10 atom stereocenters. The zero-order valence-corrected chi connectivity index (χ0v) is 21.7. The maximum absolute atomic E-state index is 11.9. The fourth-order valence-electron chi connectivity index (χ4n) is 4.36. The molecule has 0 aromatic heterocycles. The number of nitrogens with zero attached hydrogens (tertiary/aromatic N) is 9. The van der Waals surface area contributed by atoms with E-state index in [2.05, 4.69) is 30.1 Å². The first kappa shape index (κ1) is 31.9. The van der Waals surface area contributed by atoms with E-state index in [1.807, 2.05) is 0 Å². The highest BCUT2D eigenvalue weighted by Crippen LogP contribution is 2.35. The zero-order chi connectivity index (χ0) is 30.0. The Balaban J connectivity index is 2.56. The highest BCUT2D eigenvalue weighted by atomic mass is 16.7. The predicted octanol–water partition coefficient (Wildman–Crippen LogP) is 1.26. The maximum atomic E-state index is 11.9. The minimum absolute atomic E-state index is 0.243. The largest absolute Gasteiger partial charge is 0.463 e. The number of hydrogen-bond acceptors (Lipinski definition) is 14. The molecular weight excluding hydrogens is 542 g/mol. The fraction of sp³-hybridized carbons (Fsp3) is 0.800. The molecule has 0 aromatic carbocycles. The lowest BCUT2D eigenvalue weighted by molar-refractivity contribution is -0.298. The van der Waals surface area contributed by atoms with Crippen LogP contribution in [-0.2, 0) is 47.6 Å². The number of esters is 4. The quantitative estimate of drug-likeness (QED) is 0.128.